The Kier molecular flexibility index (Phi) is 3.50. The Morgan fingerprint density at radius 2 is 2.24 bits per heavy atom. The predicted octanol–water partition coefficient (Wildman–Crippen LogP) is 0.743. The maximum absolute atomic E-state index is 12.2. The highest BCUT2D eigenvalue weighted by atomic mass is 32.2. The van der Waals surface area contributed by atoms with Crippen molar-refractivity contribution in [3.8, 4) is 0 Å². The number of nitrogens with one attached hydrogen (secondary N) is 1. The minimum atomic E-state index is -3.36. The normalized spacial score (nSPS) is 23.1. The van der Waals surface area contributed by atoms with Crippen molar-refractivity contribution in [2.45, 2.75) is 25.3 Å². The lowest BCUT2D eigenvalue weighted by atomic mass is 10.0. The van der Waals surface area contributed by atoms with Gasteiger partial charge in [0.1, 0.15) is 0 Å². The molecule has 1 aliphatic rings. The summed E-state index contributed by atoms with van der Waals surface area (Å²) in [7, 11) is -0.229. The van der Waals surface area contributed by atoms with Crippen LogP contribution in [0.3, 0.4) is 0 Å². The van der Waals surface area contributed by atoms with Crippen LogP contribution in [-0.4, -0.2) is 47.9 Å². The van der Waals surface area contributed by atoms with Gasteiger partial charge in [-0.15, -0.1) is 0 Å². The summed E-state index contributed by atoms with van der Waals surface area (Å²) in [6.07, 6.45) is 4.46. The molecule has 0 aromatic carbocycles. The number of aromatic nitrogens is 2. The van der Waals surface area contributed by atoms with Crippen molar-refractivity contribution in [2.75, 3.05) is 20.6 Å². The first-order valence-electron chi connectivity index (χ1n) is 5.72. The zero-order chi connectivity index (χ0) is 12.5. The Labute approximate surface area is 102 Å². The van der Waals surface area contributed by atoms with Gasteiger partial charge in [-0.1, -0.05) is 6.42 Å². The first-order valence-corrected chi connectivity index (χ1v) is 7.12. The van der Waals surface area contributed by atoms with Gasteiger partial charge < -0.3 is 0 Å². The van der Waals surface area contributed by atoms with Crippen molar-refractivity contribution in [2.24, 2.45) is 0 Å². The molecular formula is C10H18N4O2S. The molecule has 6 nitrogen and oxygen atoms in total. The van der Waals surface area contributed by atoms with Gasteiger partial charge in [0.05, 0.1) is 11.7 Å². The van der Waals surface area contributed by atoms with Crippen LogP contribution in [0.5, 0.6) is 0 Å². The Morgan fingerprint density at radius 1 is 1.47 bits per heavy atom. The molecule has 2 heterocycles. The minimum absolute atomic E-state index is 0.112. The van der Waals surface area contributed by atoms with Crippen LogP contribution in [0.1, 0.15) is 31.0 Å². The van der Waals surface area contributed by atoms with E-state index in [0.29, 0.717) is 6.54 Å². The van der Waals surface area contributed by atoms with E-state index in [1.165, 1.54) is 4.31 Å². The van der Waals surface area contributed by atoms with Crippen LogP contribution >= 0.6 is 0 Å². The maximum Gasteiger partial charge on any atom is 0.282 e. The lowest BCUT2D eigenvalue weighted by Crippen LogP contribution is -2.44. The summed E-state index contributed by atoms with van der Waals surface area (Å²) >= 11 is 0. The zero-order valence-corrected chi connectivity index (χ0v) is 10.9. The van der Waals surface area contributed by atoms with Crippen LogP contribution in [0.15, 0.2) is 12.3 Å². The number of hydrogen-bond donors (Lipinski definition) is 1. The molecule has 0 spiro atoms. The summed E-state index contributed by atoms with van der Waals surface area (Å²) in [4.78, 5) is 0. The van der Waals surface area contributed by atoms with Gasteiger partial charge in [0.15, 0.2) is 0 Å². The summed E-state index contributed by atoms with van der Waals surface area (Å²) in [5.74, 6) is 0. The molecule has 96 valence electrons. The Bertz CT molecular complexity index is 455. The third-order valence-electron chi connectivity index (χ3n) is 3.09. The van der Waals surface area contributed by atoms with Crippen LogP contribution in [0.2, 0.25) is 0 Å². The third-order valence-corrected chi connectivity index (χ3v) is 5.05. The molecule has 1 atom stereocenters. The van der Waals surface area contributed by atoms with Crippen LogP contribution in [-0.2, 0) is 10.2 Å². The van der Waals surface area contributed by atoms with Gasteiger partial charge in [0.2, 0.25) is 0 Å². The summed E-state index contributed by atoms with van der Waals surface area (Å²) in [6.45, 7) is 0.574. The van der Waals surface area contributed by atoms with Gasteiger partial charge >= 0.3 is 0 Å². The van der Waals surface area contributed by atoms with E-state index in [-0.39, 0.29) is 6.04 Å². The predicted molar refractivity (Wildman–Crippen MR) is 64.5 cm³/mol. The third kappa shape index (κ3) is 2.36. The molecular weight excluding hydrogens is 240 g/mol. The highest BCUT2D eigenvalue weighted by Crippen LogP contribution is 2.32. The van der Waals surface area contributed by atoms with Gasteiger partial charge in [-0.3, -0.25) is 5.10 Å². The van der Waals surface area contributed by atoms with E-state index >= 15 is 0 Å². The lowest BCUT2D eigenvalue weighted by molar-refractivity contribution is 0.238. The molecule has 1 unspecified atom stereocenters. The molecule has 0 radical (unpaired) electrons. The van der Waals surface area contributed by atoms with E-state index < -0.39 is 10.2 Å². The van der Waals surface area contributed by atoms with E-state index in [1.54, 1.807) is 24.6 Å². The lowest BCUT2D eigenvalue weighted by Gasteiger charge is -2.35. The molecule has 2 rings (SSSR count). The quantitative estimate of drug-likeness (QED) is 0.869. The molecule has 1 aromatic rings. The van der Waals surface area contributed by atoms with Gasteiger partial charge in [0, 0.05) is 26.8 Å². The van der Waals surface area contributed by atoms with Crippen LogP contribution in [0.4, 0.5) is 0 Å². The minimum Gasteiger partial charge on any atom is -0.281 e. The average molecular weight is 258 g/mol. The van der Waals surface area contributed by atoms with E-state index in [2.05, 4.69) is 10.2 Å². The van der Waals surface area contributed by atoms with E-state index in [4.69, 9.17) is 0 Å². The molecule has 1 aliphatic heterocycles. The number of aromatic amines is 1. The first-order chi connectivity index (χ1) is 8.03. The van der Waals surface area contributed by atoms with Crippen molar-refractivity contribution in [1.29, 1.82) is 0 Å². The van der Waals surface area contributed by atoms with Gasteiger partial charge in [-0.05, 0) is 18.9 Å². The second-order valence-electron chi connectivity index (χ2n) is 4.42. The fraction of sp³-hybridized carbons (Fsp3) is 0.700. The number of H-pyrrole nitrogens is 1. The Hall–Kier alpha value is -0.920. The van der Waals surface area contributed by atoms with Crippen molar-refractivity contribution >= 4 is 10.2 Å². The summed E-state index contributed by atoms with van der Waals surface area (Å²) in [5, 5.41) is 6.77. The SMILES string of the molecule is CN(C)S(=O)(=O)N1CCCCC1c1ccn[nH]1. The zero-order valence-electron chi connectivity index (χ0n) is 10.1. The summed E-state index contributed by atoms with van der Waals surface area (Å²) in [5.41, 5.74) is 0.870. The number of rotatable bonds is 3. The molecule has 1 fully saturated rings. The number of piperidine rings is 1. The summed E-state index contributed by atoms with van der Waals surface area (Å²) in [6, 6.07) is 1.73. The second-order valence-corrected chi connectivity index (χ2v) is 6.52. The largest absolute Gasteiger partial charge is 0.282 e. The van der Waals surface area contributed by atoms with Crippen molar-refractivity contribution < 1.29 is 8.42 Å². The highest BCUT2D eigenvalue weighted by molar-refractivity contribution is 7.86. The van der Waals surface area contributed by atoms with E-state index in [9.17, 15) is 8.42 Å². The fourth-order valence-corrected chi connectivity index (χ4v) is 3.47. The van der Waals surface area contributed by atoms with Crippen LogP contribution < -0.4 is 0 Å². The number of hydrogen-bond acceptors (Lipinski definition) is 3. The molecule has 1 N–H and O–H groups in total. The topological polar surface area (TPSA) is 69.3 Å². The van der Waals surface area contributed by atoms with Gasteiger partial charge in [0.25, 0.3) is 10.2 Å². The Morgan fingerprint density at radius 3 is 2.82 bits per heavy atom. The molecule has 0 saturated carbocycles. The average Bonchev–Trinajstić information content (AvgIpc) is 2.82. The van der Waals surface area contributed by atoms with Gasteiger partial charge in [-0.25, -0.2) is 0 Å². The molecule has 0 aliphatic carbocycles. The van der Waals surface area contributed by atoms with E-state index in [0.717, 1.165) is 25.0 Å². The summed E-state index contributed by atoms with van der Waals surface area (Å²) < 4.78 is 27.2. The number of nitrogens with zero attached hydrogens (tertiary/aromatic N) is 3. The molecule has 17 heavy (non-hydrogen) atoms. The fourth-order valence-electron chi connectivity index (χ4n) is 2.15. The molecule has 0 bridgehead atoms. The van der Waals surface area contributed by atoms with Crippen molar-refractivity contribution in [3.05, 3.63) is 18.0 Å². The molecule has 7 heteroatoms. The highest BCUT2D eigenvalue weighted by Gasteiger charge is 2.35. The van der Waals surface area contributed by atoms with Crippen LogP contribution in [0.25, 0.3) is 0 Å². The van der Waals surface area contributed by atoms with Gasteiger partial charge in [-0.2, -0.15) is 22.1 Å². The second kappa shape index (κ2) is 4.75. The molecule has 1 aromatic heterocycles. The van der Waals surface area contributed by atoms with Crippen LogP contribution in [0, 0.1) is 0 Å². The monoisotopic (exact) mass is 258 g/mol. The van der Waals surface area contributed by atoms with Crippen molar-refractivity contribution in [1.82, 2.24) is 18.8 Å². The molecule has 1 saturated heterocycles. The standard InChI is InChI=1S/C10H18N4O2S/c1-13(2)17(15,16)14-8-4-3-5-10(14)9-6-7-11-12-9/h6-7,10H,3-5,8H2,1-2H3,(H,11,12). The Balaban J connectivity index is 2.31. The smallest absolute Gasteiger partial charge is 0.281 e. The maximum atomic E-state index is 12.2. The van der Waals surface area contributed by atoms with E-state index in [1.807, 2.05) is 6.07 Å². The first kappa shape index (κ1) is 12.5. The molecule has 0 amide bonds. The van der Waals surface area contributed by atoms with Crippen molar-refractivity contribution in [3.63, 3.8) is 0 Å².